The molecule has 1 aliphatic carbocycles. The largest absolute Gasteiger partial charge is 0.492 e. The number of halogens is 2. The number of benzene rings is 2. The fourth-order valence-corrected chi connectivity index (χ4v) is 4.62. The Kier molecular flexibility index (Phi) is 6.80. The Morgan fingerprint density at radius 3 is 2.66 bits per heavy atom. The lowest BCUT2D eigenvalue weighted by Crippen LogP contribution is -2.31. The molecule has 1 saturated carbocycles. The molecule has 1 amide bonds. The molecule has 8 heteroatoms. The van der Waals surface area contributed by atoms with Crippen LogP contribution in [0.15, 0.2) is 41.3 Å². The van der Waals surface area contributed by atoms with Crippen molar-refractivity contribution in [2.45, 2.75) is 43.9 Å². The Morgan fingerprint density at radius 1 is 1.24 bits per heavy atom. The summed E-state index contributed by atoms with van der Waals surface area (Å²) in [5.41, 5.74) is 0.344. The number of amides is 1. The van der Waals surface area contributed by atoms with Crippen molar-refractivity contribution in [2.75, 3.05) is 6.61 Å². The molecule has 0 spiro atoms. The Labute approximate surface area is 175 Å². The molecule has 1 aliphatic rings. The van der Waals surface area contributed by atoms with Crippen molar-refractivity contribution in [1.82, 2.24) is 4.72 Å². The van der Waals surface area contributed by atoms with E-state index in [0.29, 0.717) is 18.9 Å². The molecule has 29 heavy (non-hydrogen) atoms. The van der Waals surface area contributed by atoms with Gasteiger partial charge in [-0.2, -0.15) is 0 Å². The summed E-state index contributed by atoms with van der Waals surface area (Å²) in [4.78, 5) is 12.3. The summed E-state index contributed by atoms with van der Waals surface area (Å²) >= 11 is 6.14. The average Bonchev–Trinajstić information content (AvgIpc) is 3.21. The van der Waals surface area contributed by atoms with Crippen LogP contribution in [-0.2, 0) is 16.4 Å². The highest BCUT2D eigenvalue weighted by Crippen LogP contribution is 2.31. The molecule has 5 nitrogen and oxygen atoms in total. The fourth-order valence-electron chi connectivity index (χ4n) is 3.37. The van der Waals surface area contributed by atoms with Gasteiger partial charge < -0.3 is 4.74 Å². The maximum Gasteiger partial charge on any atom is 0.268 e. The minimum atomic E-state index is -4.14. The molecule has 0 radical (unpaired) electrons. The van der Waals surface area contributed by atoms with E-state index in [0.717, 1.165) is 43.4 Å². The predicted octanol–water partition coefficient (Wildman–Crippen LogP) is 4.73. The molecule has 0 heterocycles. The summed E-state index contributed by atoms with van der Waals surface area (Å²) in [5.74, 6) is -1.42. The third-order valence-electron chi connectivity index (χ3n) is 5.06. The van der Waals surface area contributed by atoms with Crippen LogP contribution in [0.1, 0.15) is 48.5 Å². The lowest BCUT2D eigenvalue weighted by molar-refractivity contribution is 0.0977. The van der Waals surface area contributed by atoms with Crippen molar-refractivity contribution >= 4 is 27.5 Å². The van der Waals surface area contributed by atoms with Crippen LogP contribution in [0.5, 0.6) is 5.75 Å². The number of carbonyl (C=O) groups is 1. The quantitative estimate of drug-likeness (QED) is 0.676. The molecule has 0 saturated heterocycles. The minimum absolute atomic E-state index is 0.0555. The standard InChI is InChI=1S/C21H23ClFNO4S/c1-2-14-8-5-9-16(10-14)29(26,27)24-21(25)17-11-18(22)20(12-19(17)23)28-13-15-6-3-4-7-15/h5,8-12,15H,2-4,6-7,13H2,1H3,(H,24,25). The Morgan fingerprint density at radius 2 is 1.97 bits per heavy atom. The zero-order chi connectivity index (χ0) is 21.0. The van der Waals surface area contributed by atoms with Crippen molar-refractivity contribution in [2.24, 2.45) is 5.92 Å². The van der Waals surface area contributed by atoms with Gasteiger partial charge in [0.2, 0.25) is 0 Å². The lowest BCUT2D eigenvalue weighted by Gasteiger charge is -2.14. The molecule has 1 N–H and O–H groups in total. The number of ether oxygens (including phenoxy) is 1. The third kappa shape index (κ3) is 5.28. The second-order valence-corrected chi connectivity index (χ2v) is 9.25. The summed E-state index contributed by atoms with van der Waals surface area (Å²) in [7, 11) is -4.14. The van der Waals surface area contributed by atoms with Gasteiger partial charge in [-0.05, 0) is 48.9 Å². The minimum Gasteiger partial charge on any atom is -0.492 e. The van der Waals surface area contributed by atoms with Gasteiger partial charge in [0, 0.05) is 6.07 Å². The predicted molar refractivity (Wildman–Crippen MR) is 109 cm³/mol. The molecule has 0 bridgehead atoms. The van der Waals surface area contributed by atoms with Crippen molar-refractivity contribution in [1.29, 1.82) is 0 Å². The van der Waals surface area contributed by atoms with Crippen molar-refractivity contribution in [3.63, 3.8) is 0 Å². The van der Waals surface area contributed by atoms with Crippen LogP contribution in [-0.4, -0.2) is 20.9 Å². The molecule has 0 aromatic heterocycles. The highest BCUT2D eigenvalue weighted by Gasteiger charge is 2.23. The maximum atomic E-state index is 14.5. The number of carbonyl (C=O) groups excluding carboxylic acids is 1. The number of hydrogen-bond donors (Lipinski definition) is 1. The van der Waals surface area contributed by atoms with Crippen LogP contribution in [0.25, 0.3) is 0 Å². The van der Waals surface area contributed by atoms with Gasteiger partial charge in [-0.25, -0.2) is 17.5 Å². The number of sulfonamides is 1. The van der Waals surface area contributed by atoms with Crippen molar-refractivity contribution in [3.05, 3.63) is 58.4 Å². The highest BCUT2D eigenvalue weighted by molar-refractivity contribution is 7.90. The van der Waals surface area contributed by atoms with Crippen LogP contribution in [0, 0.1) is 11.7 Å². The van der Waals surface area contributed by atoms with Gasteiger partial charge in [0.15, 0.2) is 0 Å². The molecule has 3 rings (SSSR count). The molecule has 0 atom stereocenters. The second kappa shape index (κ2) is 9.13. The fraction of sp³-hybridized carbons (Fsp3) is 0.381. The first-order valence-corrected chi connectivity index (χ1v) is 11.4. The topological polar surface area (TPSA) is 72.5 Å². The lowest BCUT2D eigenvalue weighted by atomic mass is 10.1. The second-order valence-electron chi connectivity index (χ2n) is 7.16. The van der Waals surface area contributed by atoms with E-state index in [1.54, 1.807) is 12.1 Å². The first-order chi connectivity index (χ1) is 13.8. The average molecular weight is 440 g/mol. The van der Waals surface area contributed by atoms with Gasteiger partial charge >= 0.3 is 0 Å². The summed E-state index contributed by atoms with van der Waals surface area (Å²) in [5, 5.41) is 0.0555. The van der Waals surface area contributed by atoms with Crippen LogP contribution in [0.4, 0.5) is 4.39 Å². The van der Waals surface area contributed by atoms with Gasteiger partial charge in [-0.15, -0.1) is 0 Å². The van der Waals surface area contributed by atoms with Crippen molar-refractivity contribution < 1.29 is 22.3 Å². The van der Waals surface area contributed by atoms with Crippen LogP contribution in [0.2, 0.25) is 5.02 Å². The molecule has 2 aromatic rings. The SMILES string of the molecule is CCc1cccc(S(=O)(=O)NC(=O)c2cc(Cl)c(OCC3CCCC3)cc2F)c1. The molecular weight excluding hydrogens is 417 g/mol. The molecule has 156 valence electrons. The molecular formula is C21H23ClFNO4S. The monoisotopic (exact) mass is 439 g/mol. The normalized spacial score (nSPS) is 14.7. The molecule has 0 unspecified atom stereocenters. The van der Waals surface area contributed by atoms with E-state index in [1.807, 2.05) is 11.6 Å². The molecule has 0 aliphatic heterocycles. The zero-order valence-corrected chi connectivity index (χ0v) is 17.7. The first kappa shape index (κ1) is 21.6. The van der Waals surface area contributed by atoms with E-state index >= 15 is 0 Å². The Balaban J connectivity index is 1.75. The van der Waals surface area contributed by atoms with E-state index in [1.165, 1.54) is 12.1 Å². The van der Waals surface area contributed by atoms with Gasteiger partial charge in [0.05, 0.1) is 22.1 Å². The smallest absolute Gasteiger partial charge is 0.268 e. The summed E-state index contributed by atoms with van der Waals surface area (Å²) in [6, 6.07) is 8.33. The van der Waals surface area contributed by atoms with Gasteiger partial charge in [-0.3, -0.25) is 4.79 Å². The van der Waals surface area contributed by atoms with E-state index < -0.39 is 27.3 Å². The summed E-state index contributed by atoms with van der Waals surface area (Å²) in [6.07, 6.45) is 5.09. The van der Waals surface area contributed by atoms with Crippen LogP contribution < -0.4 is 9.46 Å². The van der Waals surface area contributed by atoms with Gasteiger partial charge in [-0.1, -0.05) is 43.5 Å². The van der Waals surface area contributed by atoms with E-state index in [-0.39, 0.29) is 15.7 Å². The van der Waals surface area contributed by atoms with Crippen molar-refractivity contribution in [3.8, 4) is 5.75 Å². The van der Waals surface area contributed by atoms with Gasteiger partial charge in [0.25, 0.3) is 15.9 Å². The van der Waals surface area contributed by atoms with Gasteiger partial charge in [0.1, 0.15) is 11.6 Å². The third-order valence-corrected chi connectivity index (χ3v) is 6.68. The van der Waals surface area contributed by atoms with Crippen LogP contribution >= 0.6 is 11.6 Å². The first-order valence-electron chi connectivity index (χ1n) is 9.58. The van der Waals surface area contributed by atoms with E-state index in [2.05, 4.69) is 0 Å². The molecule has 1 fully saturated rings. The highest BCUT2D eigenvalue weighted by atomic mass is 35.5. The maximum absolute atomic E-state index is 14.5. The number of nitrogens with one attached hydrogen (secondary N) is 1. The van der Waals surface area contributed by atoms with Crippen LogP contribution in [0.3, 0.4) is 0 Å². The molecule has 2 aromatic carbocycles. The van der Waals surface area contributed by atoms with E-state index in [9.17, 15) is 17.6 Å². The zero-order valence-electron chi connectivity index (χ0n) is 16.1. The number of aryl methyl sites for hydroxylation is 1. The van der Waals surface area contributed by atoms with E-state index in [4.69, 9.17) is 16.3 Å². The Bertz CT molecular complexity index is 1000. The Hall–Kier alpha value is -2.12. The number of rotatable bonds is 7. The summed E-state index contributed by atoms with van der Waals surface area (Å²) < 4.78 is 47.0. The number of hydrogen-bond acceptors (Lipinski definition) is 4. The summed E-state index contributed by atoms with van der Waals surface area (Å²) in [6.45, 7) is 2.32.